The van der Waals surface area contributed by atoms with E-state index in [1.54, 1.807) is 36.6 Å². The third-order valence-electron chi connectivity index (χ3n) is 4.36. The Bertz CT molecular complexity index is 929. The van der Waals surface area contributed by atoms with Gasteiger partial charge in [0, 0.05) is 31.2 Å². The number of benzene rings is 1. The first-order valence-corrected chi connectivity index (χ1v) is 8.71. The molecule has 1 aromatic carbocycles. The van der Waals surface area contributed by atoms with Gasteiger partial charge in [-0.2, -0.15) is 0 Å². The summed E-state index contributed by atoms with van der Waals surface area (Å²) in [4.78, 5) is 22.8. The number of likely N-dealkylation sites (N-methyl/N-ethyl adjacent to an activating group) is 1. The SMILES string of the molecule is CN(CC1COc2ccccc2O1)C(=O)c1ccc(-c2cccnc2)nc1. The van der Waals surface area contributed by atoms with Gasteiger partial charge < -0.3 is 14.4 Å². The Balaban J connectivity index is 1.41. The average molecular weight is 361 g/mol. The molecule has 1 amide bonds. The first kappa shape index (κ1) is 17.0. The van der Waals surface area contributed by atoms with Crippen LogP contribution in [0.3, 0.4) is 0 Å². The summed E-state index contributed by atoms with van der Waals surface area (Å²) in [6.07, 6.45) is 4.84. The Labute approximate surface area is 157 Å². The van der Waals surface area contributed by atoms with Crippen molar-refractivity contribution in [3.63, 3.8) is 0 Å². The summed E-state index contributed by atoms with van der Waals surface area (Å²) in [7, 11) is 1.75. The Hall–Kier alpha value is -3.41. The standard InChI is InChI=1S/C21H19N3O3/c1-24(13-17-14-26-19-6-2-3-7-20(19)27-17)21(25)16-8-9-18(23-12-16)15-5-4-10-22-11-15/h2-12,17H,13-14H2,1H3. The lowest BCUT2D eigenvalue weighted by molar-refractivity contribution is 0.0520. The molecule has 0 aliphatic carbocycles. The van der Waals surface area contributed by atoms with Crippen molar-refractivity contribution >= 4 is 5.91 Å². The molecule has 1 aliphatic heterocycles. The lowest BCUT2D eigenvalue weighted by Crippen LogP contribution is -2.41. The highest BCUT2D eigenvalue weighted by atomic mass is 16.6. The zero-order valence-corrected chi connectivity index (χ0v) is 14.9. The number of para-hydroxylation sites is 2. The van der Waals surface area contributed by atoms with Gasteiger partial charge in [-0.05, 0) is 36.4 Å². The fourth-order valence-electron chi connectivity index (χ4n) is 2.97. The van der Waals surface area contributed by atoms with Gasteiger partial charge >= 0.3 is 0 Å². The molecule has 3 aromatic rings. The Morgan fingerprint density at radius 2 is 1.96 bits per heavy atom. The van der Waals surface area contributed by atoms with E-state index in [-0.39, 0.29) is 12.0 Å². The number of aromatic nitrogens is 2. The average Bonchev–Trinajstić information content (AvgIpc) is 2.74. The van der Waals surface area contributed by atoms with E-state index < -0.39 is 0 Å². The van der Waals surface area contributed by atoms with E-state index in [0.29, 0.717) is 24.5 Å². The molecule has 6 heteroatoms. The first-order chi connectivity index (χ1) is 13.2. The largest absolute Gasteiger partial charge is 0.486 e. The highest BCUT2D eigenvalue weighted by Crippen LogP contribution is 2.31. The molecule has 0 N–H and O–H groups in total. The molecule has 2 aromatic heterocycles. The molecule has 3 heterocycles. The minimum Gasteiger partial charge on any atom is -0.486 e. The maximum absolute atomic E-state index is 12.7. The molecular weight excluding hydrogens is 342 g/mol. The second kappa shape index (κ2) is 7.45. The van der Waals surface area contributed by atoms with Crippen LogP contribution in [0, 0.1) is 0 Å². The van der Waals surface area contributed by atoms with Crippen LogP contribution < -0.4 is 9.47 Å². The van der Waals surface area contributed by atoms with Crippen molar-refractivity contribution in [2.24, 2.45) is 0 Å². The Morgan fingerprint density at radius 1 is 1.11 bits per heavy atom. The summed E-state index contributed by atoms with van der Waals surface area (Å²) < 4.78 is 11.6. The third-order valence-corrected chi connectivity index (χ3v) is 4.36. The van der Waals surface area contributed by atoms with Crippen LogP contribution in [0.25, 0.3) is 11.3 Å². The molecule has 4 rings (SSSR count). The molecule has 0 saturated carbocycles. The van der Waals surface area contributed by atoms with Gasteiger partial charge in [0.25, 0.3) is 5.91 Å². The number of rotatable bonds is 4. The fraction of sp³-hybridized carbons (Fsp3) is 0.190. The van der Waals surface area contributed by atoms with Crippen LogP contribution in [0.15, 0.2) is 67.1 Å². The second-order valence-electron chi connectivity index (χ2n) is 6.36. The molecule has 1 atom stereocenters. The molecule has 0 saturated heterocycles. The van der Waals surface area contributed by atoms with Crippen molar-refractivity contribution in [2.75, 3.05) is 20.2 Å². The quantitative estimate of drug-likeness (QED) is 0.715. The number of amides is 1. The van der Waals surface area contributed by atoms with Gasteiger partial charge in [-0.25, -0.2) is 0 Å². The van der Waals surface area contributed by atoms with Crippen molar-refractivity contribution in [3.8, 4) is 22.8 Å². The molecule has 136 valence electrons. The van der Waals surface area contributed by atoms with Gasteiger partial charge in [0.15, 0.2) is 17.6 Å². The summed E-state index contributed by atoms with van der Waals surface area (Å²) in [5, 5.41) is 0. The Kier molecular flexibility index (Phi) is 4.70. The normalized spacial score (nSPS) is 15.2. The molecule has 0 spiro atoms. The zero-order valence-electron chi connectivity index (χ0n) is 14.9. The molecular formula is C21H19N3O3. The number of hydrogen-bond donors (Lipinski definition) is 0. The van der Waals surface area contributed by atoms with Gasteiger partial charge in [0.2, 0.25) is 0 Å². The smallest absolute Gasteiger partial charge is 0.255 e. The van der Waals surface area contributed by atoms with Crippen LogP contribution in [0.5, 0.6) is 11.5 Å². The minimum absolute atomic E-state index is 0.109. The lowest BCUT2D eigenvalue weighted by Gasteiger charge is -2.29. The van der Waals surface area contributed by atoms with Crippen LogP contribution in [-0.4, -0.2) is 47.1 Å². The number of carbonyl (C=O) groups excluding carboxylic acids is 1. The zero-order chi connectivity index (χ0) is 18.6. The van der Waals surface area contributed by atoms with Gasteiger partial charge in [0.1, 0.15) is 6.61 Å². The highest BCUT2D eigenvalue weighted by Gasteiger charge is 2.24. The van der Waals surface area contributed by atoms with E-state index in [9.17, 15) is 4.79 Å². The molecule has 0 bridgehead atoms. The van der Waals surface area contributed by atoms with E-state index in [4.69, 9.17) is 9.47 Å². The molecule has 0 radical (unpaired) electrons. The van der Waals surface area contributed by atoms with Crippen molar-refractivity contribution in [2.45, 2.75) is 6.10 Å². The number of pyridine rings is 2. The predicted octanol–water partition coefficient (Wildman–Crippen LogP) is 3.06. The predicted molar refractivity (Wildman–Crippen MR) is 101 cm³/mol. The van der Waals surface area contributed by atoms with Crippen molar-refractivity contribution in [3.05, 3.63) is 72.7 Å². The van der Waals surface area contributed by atoms with E-state index >= 15 is 0 Å². The number of hydrogen-bond acceptors (Lipinski definition) is 5. The van der Waals surface area contributed by atoms with E-state index in [0.717, 1.165) is 17.0 Å². The molecule has 6 nitrogen and oxygen atoms in total. The second-order valence-corrected chi connectivity index (χ2v) is 6.36. The molecule has 27 heavy (non-hydrogen) atoms. The Morgan fingerprint density at radius 3 is 2.70 bits per heavy atom. The van der Waals surface area contributed by atoms with Crippen molar-refractivity contribution in [1.82, 2.24) is 14.9 Å². The molecule has 0 fully saturated rings. The number of ether oxygens (including phenoxy) is 2. The van der Waals surface area contributed by atoms with Crippen LogP contribution in [-0.2, 0) is 0 Å². The monoisotopic (exact) mass is 361 g/mol. The molecule has 1 unspecified atom stereocenters. The van der Waals surface area contributed by atoms with Gasteiger partial charge in [-0.15, -0.1) is 0 Å². The number of fused-ring (bicyclic) bond motifs is 1. The van der Waals surface area contributed by atoms with Crippen LogP contribution in [0.2, 0.25) is 0 Å². The van der Waals surface area contributed by atoms with E-state index in [1.165, 1.54) is 0 Å². The van der Waals surface area contributed by atoms with Crippen LogP contribution in [0.1, 0.15) is 10.4 Å². The van der Waals surface area contributed by atoms with Gasteiger partial charge in [0.05, 0.1) is 17.8 Å². The summed E-state index contributed by atoms with van der Waals surface area (Å²) in [5.41, 5.74) is 2.22. The maximum atomic E-state index is 12.7. The third kappa shape index (κ3) is 3.74. The van der Waals surface area contributed by atoms with E-state index in [1.807, 2.05) is 42.5 Å². The van der Waals surface area contributed by atoms with Crippen LogP contribution in [0.4, 0.5) is 0 Å². The van der Waals surface area contributed by atoms with Crippen molar-refractivity contribution in [1.29, 1.82) is 0 Å². The topological polar surface area (TPSA) is 64.6 Å². The van der Waals surface area contributed by atoms with Gasteiger partial charge in [-0.3, -0.25) is 14.8 Å². The minimum atomic E-state index is -0.212. The summed E-state index contributed by atoms with van der Waals surface area (Å²) >= 11 is 0. The molecule has 1 aliphatic rings. The fourth-order valence-corrected chi connectivity index (χ4v) is 2.97. The van der Waals surface area contributed by atoms with Crippen LogP contribution >= 0.6 is 0 Å². The summed E-state index contributed by atoms with van der Waals surface area (Å²) in [5.74, 6) is 1.33. The van der Waals surface area contributed by atoms with Gasteiger partial charge in [-0.1, -0.05) is 12.1 Å². The number of nitrogens with zero attached hydrogens (tertiary/aromatic N) is 3. The van der Waals surface area contributed by atoms with Crippen molar-refractivity contribution < 1.29 is 14.3 Å². The highest BCUT2D eigenvalue weighted by molar-refractivity contribution is 5.94. The first-order valence-electron chi connectivity index (χ1n) is 8.71. The number of carbonyl (C=O) groups is 1. The lowest BCUT2D eigenvalue weighted by atomic mass is 10.1. The van der Waals surface area contributed by atoms with E-state index in [2.05, 4.69) is 9.97 Å². The maximum Gasteiger partial charge on any atom is 0.255 e. The summed E-state index contributed by atoms with van der Waals surface area (Å²) in [6.45, 7) is 0.838. The summed E-state index contributed by atoms with van der Waals surface area (Å²) in [6, 6.07) is 14.9.